The number of hydrogen-bond acceptors (Lipinski definition) is 3. The van der Waals surface area contributed by atoms with Gasteiger partial charge in [0.15, 0.2) is 0 Å². The Kier molecular flexibility index (Phi) is 9.23. The maximum absolute atomic E-state index is 6.45. The first-order valence-corrected chi connectivity index (χ1v) is 10.6. The number of hydrogen-bond donors (Lipinski definition) is 0. The molecule has 0 saturated heterocycles. The minimum atomic E-state index is -0.281. The molecule has 2 aromatic carbocycles. The Labute approximate surface area is 182 Å². The van der Waals surface area contributed by atoms with Crippen molar-refractivity contribution >= 4 is 34.8 Å². The lowest BCUT2D eigenvalue weighted by molar-refractivity contribution is 0.172. The predicted molar refractivity (Wildman–Crippen MR) is 118 cm³/mol. The first-order valence-electron chi connectivity index (χ1n) is 9.30. The van der Waals surface area contributed by atoms with Crippen molar-refractivity contribution < 1.29 is 14.2 Å². The number of rotatable bonds is 11. The molecule has 0 radical (unpaired) electrons. The first-order chi connectivity index (χ1) is 13.4. The Morgan fingerprint density at radius 1 is 0.786 bits per heavy atom. The van der Waals surface area contributed by atoms with Crippen molar-refractivity contribution in [3.63, 3.8) is 0 Å². The molecular formula is C22H27Cl3O3. The maximum atomic E-state index is 6.45. The second-order valence-corrected chi connectivity index (χ2v) is 8.19. The number of ether oxygens (including phenoxy) is 3. The summed E-state index contributed by atoms with van der Waals surface area (Å²) in [5, 5.41) is 1.18. The Bertz CT molecular complexity index is 763. The van der Waals surface area contributed by atoms with E-state index in [4.69, 9.17) is 49.0 Å². The molecule has 6 heteroatoms. The lowest BCUT2D eigenvalue weighted by Crippen LogP contribution is -2.19. The molecule has 3 nitrogen and oxygen atoms in total. The van der Waals surface area contributed by atoms with Crippen molar-refractivity contribution in [1.82, 2.24) is 0 Å². The van der Waals surface area contributed by atoms with Crippen LogP contribution in [0.2, 0.25) is 10.0 Å². The van der Waals surface area contributed by atoms with Gasteiger partial charge in [0.1, 0.15) is 11.5 Å². The minimum Gasteiger partial charge on any atom is -0.492 e. The molecule has 0 amide bonds. The standard InChI is InChI=1S/C22H27Cl3O3/c1-22(2,16-6-8-20(18(24)14-16)27-12-4-10-23)17-7-9-21(19(25)15-17)28-13-5-11-26-3/h6-9,14-15H,4-5,10-13H2,1-3H3. The molecule has 0 atom stereocenters. The molecule has 0 aromatic heterocycles. The summed E-state index contributed by atoms with van der Waals surface area (Å²) in [6.45, 7) is 6.05. The lowest BCUT2D eigenvalue weighted by Gasteiger charge is -2.27. The van der Waals surface area contributed by atoms with Gasteiger partial charge in [0, 0.05) is 31.4 Å². The largest absolute Gasteiger partial charge is 0.492 e. The molecule has 0 bridgehead atoms. The van der Waals surface area contributed by atoms with E-state index in [2.05, 4.69) is 13.8 Å². The van der Waals surface area contributed by atoms with Crippen LogP contribution >= 0.6 is 34.8 Å². The van der Waals surface area contributed by atoms with E-state index in [9.17, 15) is 0 Å². The van der Waals surface area contributed by atoms with Gasteiger partial charge in [-0.1, -0.05) is 49.2 Å². The average molecular weight is 446 g/mol. The summed E-state index contributed by atoms with van der Waals surface area (Å²) in [4.78, 5) is 0. The summed E-state index contributed by atoms with van der Waals surface area (Å²) in [5.74, 6) is 1.91. The molecule has 0 fully saturated rings. The molecule has 0 aliphatic carbocycles. The quantitative estimate of drug-likeness (QED) is 0.283. The van der Waals surface area contributed by atoms with Gasteiger partial charge in [-0.2, -0.15) is 0 Å². The van der Waals surface area contributed by atoms with Crippen LogP contribution in [0, 0.1) is 0 Å². The van der Waals surface area contributed by atoms with Gasteiger partial charge in [0.25, 0.3) is 0 Å². The normalized spacial score (nSPS) is 11.5. The maximum Gasteiger partial charge on any atom is 0.137 e. The highest BCUT2D eigenvalue weighted by Crippen LogP contribution is 2.38. The van der Waals surface area contributed by atoms with Crippen LogP contribution in [0.3, 0.4) is 0 Å². The molecule has 0 N–H and O–H groups in total. The van der Waals surface area contributed by atoms with Crippen LogP contribution in [0.25, 0.3) is 0 Å². The van der Waals surface area contributed by atoms with Gasteiger partial charge >= 0.3 is 0 Å². The van der Waals surface area contributed by atoms with E-state index >= 15 is 0 Å². The molecule has 2 aromatic rings. The van der Waals surface area contributed by atoms with Crippen LogP contribution in [0.4, 0.5) is 0 Å². The van der Waals surface area contributed by atoms with Gasteiger partial charge in [0.2, 0.25) is 0 Å². The SMILES string of the molecule is COCCCOc1ccc(C(C)(C)c2ccc(OCCCCl)c(Cl)c2)cc1Cl. The van der Waals surface area contributed by atoms with E-state index in [-0.39, 0.29) is 5.41 Å². The van der Waals surface area contributed by atoms with E-state index in [0.29, 0.717) is 47.2 Å². The van der Waals surface area contributed by atoms with Crippen molar-refractivity contribution in [2.24, 2.45) is 0 Å². The molecular weight excluding hydrogens is 419 g/mol. The lowest BCUT2D eigenvalue weighted by atomic mass is 9.78. The molecule has 28 heavy (non-hydrogen) atoms. The number of benzene rings is 2. The minimum absolute atomic E-state index is 0.281. The van der Waals surface area contributed by atoms with Crippen molar-refractivity contribution in [3.05, 3.63) is 57.6 Å². The summed E-state index contributed by atoms with van der Waals surface area (Å²) in [5.41, 5.74) is 1.87. The predicted octanol–water partition coefficient (Wildman–Crippen LogP) is 6.74. The zero-order valence-electron chi connectivity index (χ0n) is 16.6. The second kappa shape index (κ2) is 11.2. The summed E-state index contributed by atoms with van der Waals surface area (Å²) < 4.78 is 16.4. The van der Waals surface area contributed by atoms with E-state index in [1.165, 1.54) is 0 Å². The van der Waals surface area contributed by atoms with Gasteiger partial charge in [-0.25, -0.2) is 0 Å². The Balaban J connectivity index is 2.14. The monoisotopic (exact) mass is 444 g/mol. The fourth-order valence-corrected chi connectivity index (χ4v) is 3.38. The second-order valence-electron chi connectivity index (χ2n) is 7.00. The van der Waals surface area contributed by atoms with Crippen molar-refractivity contribution in [2.45, 2.75) is 32.1 Å². The summed E-state index contributed by atoms with van der Waals surface area (Å²) >= 11 is 18.6. The fraction of sp³-hybridized carbons (Fsp3) is 0.455. The van der Waals surface area contributed by atoms with Crippen LogP contribution in [0.5, 0.6) is 11.5 Å². The fourth-order valence-electron chi connectivity index (χ4n) is 2.80. The number of methoxy groups -OCH3 is 1. The van der Waals surface area contributed by atoms with Crippen molar-refractivity contribution in [2.75, 3.05) is 32.8 Å². The smallest absolute Gasteiger partial charge is 0.137 e. The van der Waals surface area contributed by atoms with E-state index in [1.54, 1.807) is 7.11 Å². The highest BCUT2D eigenvalue weighted by atomic mass is 35.5. The molecule has 2 rings (SSSR count). The molecule has 0 heterocycles. The summed E-state index contributed by atoms with van der Waals surface area (Å²) in [6, 6.07) is 11.8. The van der Waals surface area contributed by atoms with E-state index in [0.717, 1.165) is 24.0 Å². The Morgan fingerprint density at radius 3 is 1.71 bits per heavy atom. The van der Waals surface area contributed by atoms with Gasteiger partial charge in [-0.05, 0) is 41.8 Å². The number of alkyl halides is 1. The Morgan fingerprint density at radius 2 is 1.29 bits per heavy atom. The summed E-state index contributed by atoms with van der Waals surface area (Å²) in [7, 11) is 1.68. The topological polar surface area (TPSA) is 27.7 Å². The van der Waals surface area contributed by atoms with Crippen molar-refractivity contribution in [1.29, 1.82) is 0 Å². The van der Waals surface area contributed by atoms with Crippen molar-refractivity contribution in [3.8, 4) is 11.5 Å². The molecule has 154 valence electrons. The van der Waals surface area contributed by atoms with Gasteiger partial charge in [0.05, 0.1) is 23.3 Å². The molecule has 0 unspecified atom stereocenters. The third-order valence-corrected chi connectivity index (χ3v) is 5.45. The molecule has 0 aliphatic heterocycles. The molecule has 0 aliphatic rings. The van der Waals surface area contributed by atoms with E-state index in [1.807, 2.05) is 36.4 Å². The average Bonchev–Trinajstić information content (AvgIpc) is 2.67. The van der Waals surface area contributed by atoms with Gasteiger partial charge in [-0.15, -0.1) is 11.6 Å². The third kappa shape index (κ3) is 6.18. The molecule has 0 saturated carbocycles. The van der Waals surface area contributed by atoms with E-state index < -0.39 is 0 Å². The molecule has 0 spiro atoms. The highest BCUT2D eigenvalue weighted by molar-refractivity contribution is 6.32. The zero-order valence-corrected chi connectivity index (χ0v) is 18.8. The Hall–Kier alpha value is -1.13. The zero-order chi connectivity index (χ0) is 20.6. The summed E-state index contributed by atoms with van der Waals surface area (Å²) in [6.07, 6.45) is 1.60. The van der Waals surface area contributed by atoms with Crippen LogP contribution in [0.1, 0.15) is 37.8 Å². The van der Waals surface area contributed by atoms with Crippen LogP contribution in [-0.4, -0.2) is 32.8 Å². The van der Waals surface area contributed by atoms with Gasteiger partial charge < -0.3 is 14.2 Å². The van der Waals surface area contributed by atoms with Crippen LogP contribution in [-0.2, 0) is 10.2 Å². The van der Waals surface area contributed by atoms with Crippen LogP contribution in [0.15, 0.2) is 36.4 Å². The first kappa shape index (κ1) is 23.2. The number of halogens is 3. The van der Waals surface area contributed by atoms with Crippen LogP contribution < -0.4 is 9.47 Å². The van der Waals surface area contributed by atoms with Gasteiger partial charge in [-0.3, -0.25) is 0 Å². The third-order valence-electron chi connectivity index (χ3n) is 4.59. The highest BCUT2D eigenvalue weighted by Gasteiger charge is 2.25.